The van der Waals surface area contributed by atoms with Gasteiger partial charge in [-0.1, -0.05) is 18.2 Å². The Kier molecular flexibility index (Phi) is 3.99. The third kappa shape index (κ3) is 2.71. The molecule has 0 fully saturated rings. The fourth-order valence-electron chi connectivity index (χ4n) is 1.98. The first kappa shape index (κ1) is 13.1. The fourth-order valence-corrected chi connectivity index (χ4v) is 3.02. The van der Waals surface area contributed by atoms with Crippen LogP contribution >= 0.6 is 11.3 Å². The largest absolute Gasteiger partial charge is 0.496 e. The van der Waals surface area contributed by atoms with Gasteiger partial charge in [-0.2, -0.15) is 0 Å². The molecule has 0 spiro atoms. The number of ether oxygens (including phenoxy) is 1. The van der Waals surface area contributed by atoms with E-state index in [9.17, 15) is 0 Å². The molecule has 1 aromatic heterocycles. The van der Waals surface area contributed by atoms with Gasteiger partial charge in [0.25, 0.3) is 0 Å². The lowest BCUT2D eigenvalue weighted by molar-refractivity contribution is 0.410. The lowest BCUT2D eigenvalue weighted by atomic mass is 10.1. The Morgan fingerprint density at radius 1 is 1.39 bits per heavy atom. The normalized spacial score (nSPS) is 12.4. The standard InChI is InChI=1S/C14H18N2OS/c1-9(15)14-10(2)16-13(18-14)8-11-6-4-5-7-12(11)17-3/h4-7,9H,8,15H2,1-3H3. The molecule has 4 heteroatoms. The molecule has 0 bridgehead atoms. The Bertz CT molecular complexity index is 534. The lowest BCUT2D eigenvalue weighted by Gasteiger charge is -2.05. The molecule has 0 amide bonds. The van der Waals surface area contributed by atoms with Gasteiger partial charge in [0, 0.05) is 22.9 Å². The van der Waals surface area contributed by atoms with E-state index in [1.165, 1.54) is 4.88 Å². The first-order valence-corrected chi connectivity index (χ1v) is 6.77. The Labute approximate surface area is 112 Å². The van der Waals surface area contributed by atoms with Gasteiger partial charge in [-0.15, -0.1) is 11.3 Å². The summed E-state index contributed by atoms with van der Waals surface area (Å²) >= 11 is 1.69. The number of aryl methyl sites for hydroxylation is 1. The summed E-state index contributed by atoms with van der Waals surface area (Å²) in [6.45, 7) is 4.01. The summed E-state index contributed by atoms with van der Waals surface area (Å²) in [5.74, 6) is 0.910. The maximum Gasteiger partial charge on any atom is 0.122 e. The van der Waals surface area contributed by atoms with Crippen LogP contribution in [0.25, 0.3) is 0 Å². The van der Waals surface area contributed by atoms with Crippen molar-refractivity contribution in [3.63, 3.8) is 0 Å². The van der Waals surface area contributed by atoms with Crippen LogP contribution in [0.3, 0.4) is 0 Å². The monoisotopic (exact) mass is 262 g/mol. The Morgan fingerprint density at radius 3 is 2.72 bits per heavy atom. The van der Waals surface area contributed by atoms with Gasteiger partial charge in [0.05, 0.1) is 17.8 Å². The second-order valence-electron chi connectivity index (χ2n) is 4.33. The first-order chi connectivity index (χ1) is 8.61. The van der Waals surface area contributed by atoms with Crippen LogP contribution in [0.4, 0.5) is 0 Å². The van der Waals surface area contributed by atoms with Crippen molar-refractivity contribution in [1.82, 2.24) is 4.98 Å². The second kappa shape index (κ2) is 5.50. The van der Waals surface area contributed by atoms with Gasteiger partial charge in [0.2, 0.25) is 0 Å². The van der Waals surface area contributed by atoms with E-state index in [2.05, 4.69) is 11.1 Å². The number of benzene rings is 1. The molecule has 2 aromatic rings. The zero-order valence-corrected chi connectivity index (χ0v) is 11.8. The molecule has 0 aliphatic rings. The summed E-state index contributed by atoms with van der Waals surface area (Å²) in [4.78, 5) is 5.75. The third-order valence-corrected chi connectivity index (χ3v) is 4.18. The average molecular weight is 262 g/mol. The van der Waals surface area contributed by atoms with Gasteiger partial charge in [0.15, 0.2) is 0 Å². The van der Waals surface area contributed by atoms with E-state index in [1.54, 1.807) is 18.4 Å². The van der Waals surface area contributed by atoms with Crippen molar-refractivity contribution in [3.05, 3.63) is 45.4 Å². The minimum Gasteiger partial charge on any atom is -0.496 e. The molecular weight excluding hydrogens is 244 g/mol. The SMILES string of the molecule is COc1ccccc1Cc1nc(C)c(C(C)N)s1. The zero-order chi connectivity index (χ0) is 13.1. The molecule has 3 nitrogen and oxygen atoms in total. The predicted molar refractivity (Wildman–Crippen MR) is 75.3 cm³/mol. The molecule has 1 heterocycles. The second-order valence-corrected chi connectivity index (χ2v) is 5.45. The van der Waals surface area contributed by atoms with Crippen molar-refractivity contribution >= 4 is 11.3 Å². The van der Waals surface area contributed by atoms with Crippen LogP contribution in [0.5, 0.6) is 5.75 Å². The van der Waals surface area contributed by atoms with Crippen LogP contribution in [-0.4, -0.2) is 12.1 Å². The van der Waals surface area contributed by atoms with Crippen LogP contribution in [0.2, 0.25) is 0 Å². The predicted octanol–water partition coefficient (Wildman–Crippen LogP) is 3.07. The summed E-state index contributed by atoms with van der Waals surface area (Å²) in [5.41, 5.74) is 8.12. The van der Waals surface area contributed by atoms with Gasteiger partial charge >= 0.3 is 0 Å². The molecule has 18 heavy (non-hydrogen) atoms. The van der Waals surface area contributed by atoms with Crippen LogP contribution in [-0.2, 0) is 6.42 Å². The topological polar surface area (TPSA) is 48.1 Å². The summed E-state index contributed by atoms with van der Waals surface area (Å²) < 4.78 is 5.35. The van der Waals surface area contributed by atoms with Gasteiger partial charge in [0.1, 0.15) is 5.75 Å². The Morgan fingerprint density at radius 2 is 2.11 bits per heavy atom. The number of nitrogens with two attached hydrogens (primary N) is 1. The quantitative estimate of drug-likeness (QED) is 0.921. The molecular formula is C14H18N2OS. The number of rotatable bonds is 4. The molecule has 1 aromatic carbocycles. The highest BCUT2D eigenvalue weighted by molar-refractivity contribution is 7.11. The summed E-state index contributed by atoms with van der Waals surface area (Å²) in [5, 5.41) is 1.09. The Balaban J connectivity index is 2.26. The molecule has 0 aliphatic carbocycles. The molecule has 0 saturated heterocycles. The average Bonchev–Trinajstić information content (AvgIpc) is 2.71. The fraction of sp³-hybridized carbons (Fsp3) is 0.357. The molecule has 0 radical (unpaired) electrons. The number of methoxy groups -OCH3 is 1. The van der Waals surface area contributed by atoms with Crippen LogP contribution < -0.4 is 10.5 Å². The van der Waals surface area contributed by atoms with Crippen molar-refractivity contribution in [2.24, 2.45) is 5.73 Å². The van der Waals surface area contributed by atoms with Crippen molar-refractivity contribution in [1.29, 1.82) is 0 Å². The van der Waals surface area contributed by atoms with E-state index < -0.39 is 0 Å². The third-order valence-electron chi connectivity index (χ3n) is 2.82. The molecule has 96 valence electrons. The maximum atomic E-state index is 5.92. The molecule has 1 atom stereocenters. The van der Waals surface area contributed by atoms with Gasteiger partial charge in [-0.05, 0) is 19.9 Å². The minimum absolute atomic E-state index is 0.0499. The smallest absolute Gasteiger partial charge is 0.122 e. The number of aromatic nitrogens is 1. The lowest BCUT2D eigenvalue weighted by Crippen LogP contribution is -2.03. The molecule has 1 unspecified atom stereocenters. The summed E-state index contributed by atoms with van der Waals surface area (Å²) in [6, 6.07) is 8.09. The van der Waals surface area contributed by atoms with E-state index in [0.29, 0.717) is 0 Å². The van der Waals surface area contributed by atoms with Crippen molar-refractivity contribution < 1.29 is 4.74 Å². The highest BCUT2D eigenvalue weighted by Gasteiger charge is 2.12. The van der Waals surface area contributed by atoms with E-state index in [4.69, 9.17) is 10.5 Å². The number of hydrogen-bond donors (Lipinski definition) is 1. The molecule has 2 N–H and O–H groups in total. The van der Waals surface area contributed by atoms with E-state index in [0.717, 1.165) is 28.4 Å². The highest BCUT2D eigenvalue weighted by Crippen LogP contribution is 2.27. The van der Waals surface area contributed by atoms with Crippen LogP contribution in [0.1, 0.15) is 34.1 Å². The van der Waals surface area contributed by atoms with E-state index in [-0.39, 0.29) is 6.04 Å². The summed E-state index contributed by atoms with van der Waals surface area (Å²) in [7, 11) is 1.69. The van der Waals surface area contributed by atoms with E-state index >= 15 is 0 Å². The van der Waals surface area contributed by atoms with Crippen LogP contribution in [0, 0.1) is 6.92 Å². The van der Waals surface area contributed by atoms with E-state index in [1.807, 2.05) is 32.0 Å². The number of para-hydroxylation sites is 1. The maximum absolute atomic E-state index is 5.92. The summed E-state index contributed by atoms with van der Waals surface area (Å²) in [6.07, 6.45) is 0.794. The number of hydrogen-bond acceptors (Lipinski definition) is 4. The van der Waals surface area contributed by atoms with Crippen LogP contribution in [0.15, 0.2) is 24.3 Å². The van der Waals surface area contributed by atoms with Gasteiger partial charge in [-0.25, -0.2) is 4.98 Å². The van der Waals surface area contributed by atoms with Gasteiger partial charge < -0.3 is 10.5 Å². The highest BCUT2D eigenvalue weighted by atomic mass is 32.1. The first-order valence-electron chi connectivity index (χ1n) is 5.95. The molecule has 2 rings (SSSR count). The van der Waals surface area contributed by atoms with Gasteiger partial charge in [-0.3, -0.25) is 0 Å². The molecule has 0 saturated carbocycles. The van der Waals surface area contributed by atoms with Crippen molar-refractivity contribution in [2.75, 3.05) is 7.11 Å². The number of thiazole rings is 1. The zero-order valence-electron chi connectivity index (χ0n) is 10.9. The minimum atomic E-state index is 0.0499. The Hall–Kier alpha value is -1.39. The van der Waals surface area contributed by atoms with Crippen molar-refractivity contribution in [3.8, 4) is 5.75 Å². The van der Waals surface area contributed by atoms with Crippen molar-refractivity contribution in [2.45, 2.75) is 26.3 Å². The molecule has 0 aliphatic heterocycles. The number of nitrogens with zero attached hydrogens (tertiary/aromatic N) is 1.